The third-order valence-electron chi connectivity index (χ3n) is 5.32. The molecule has 5 aromatic rings. The van der Waals surface area contributed by atoms with Gasteiger partial charge in [-0.15, -0.1) is 5.10 Å². The summed E-state index contributed by atoms with van der Waals surface area (Å²) < 4.78 is 4.58. The van der Waals surface area contributed by atoms with Crippen molar-refractivity contribution >= 4 is 17.2 Å². The molecule has 9 heteroatoms. The van der Waals surface area contributed by atoms with E-state index in [0.717, 1.165) is 11.3 Å². The molecule has 1 amide bonds. The van der Waals surface area contributed by atoms with Gasteiger partial charge in [-0.1, -0.05) is 31.2 Å². The van der Waals surface area contributed by atoms with E-state index in [1.54, 1.807) is 35.4 Å². The summed E-state index contributed by atoms with van der Waals surface area (Å²) in [5.74, 6) is 0.407. The van der Waals surface area contributed by atoms with Crippen molar-refractivity contribution in [1.29, 1.82) is 0 Å². The topological polar surface area (TPSA) is 99.1 Å². The summed E-state index contributed by atoms with van der Waals surface area (Å²) in [5, 5.41) is 11.7. The predicted molar refractivity (Wildman–Crippen MR) is 124 cm³/mol. The van der Waals surface area contributed by atoms with Crippen LogP contribution in [-0.4, -0.2) is 34.9 Å². The average molecular weight is 439 g/mol. The second-order valence-electron chi connectivity index (χ2n) is 7.48. The van der Waals surface area contributed by atoms with E-state index in [-0.39, 0.29) is 11.6 Å². The number of pyridine rings is 2. The maximum absolute atomic E-state index is 13.0. The lowest BCUT2D eigenvalue weighted by Crippen LogP contribution is -2.21. The standard InChI is InChI=1S/C24H21N7O2/c1-2-20-19(15-26-31(20)21-10-3-5-12-25-21)23(32)27-18-9-7-8-17(14-18)16-30-24(33)29-13-6-4-11-22(29)28-30/h3-15H,2,16H2,1H3,(H,27,32). The van der Waals surface area contributed by atoms with Gasteiger partial charge in [0.25, 0.3) is 5.91 Å². The molecule has 1 aromatic carbocycles. The fourth-order valence-electron chi connectivity index (χ4n) is 3.77. The number of aromatic nitrogens is 6. The third-order valence-corrected chi connectivity index (χ3v) is 5.32. The fraction of sp³-hybridized carbons (Fsp3) is 0.125. The third kappa shape index (κ3) is 3.91. The lowest BCUT2D eigenvalue weighted by molar-refractivity contribution is 0.102. The quantitative estimate of drug-likeness (QED) is 0.439. The van der Waals surface area contributed by atoms with Gasteiger partial charge < -0.3 is 5.32 Å². The highest BCUT2D eigenvalue weighted by Crippen LogP contribution is 2.18. The van der Waals surface area contributed by atoms with Gasteiger partial charge in [-0.05, 0) is 48.4 Å². The molecule has 0 aliphatic carbocycles. The number of hydrogen-bond acceptors (Lipinski definition) is 5. The zero-order valence-electron chi connectivity index (χ0n) is 17.9. The first kappa shape index (κ1) is 20.4. The van der Waals surface area contributed by atoms with Crippen LogP contribution in [0.1, 0.15) is 28.5 Å². The molecule has 0 saturated carbocycles. The number of nitrogens with zero attached hydrogens (tertiary/aromatic N) is 6. The number of hydrogen-bond donors (Lipinski definition) is 1. The van der Waals surface area contributed by atoms with Crippen LogP contribution in [0, 0.1) is 0 Å². The van der Waals surface area contributed by atoms with Gasteiger partial charge in [0.15, 0.2) is 11.5 Å². The van der Waals surface area contributed by atoms with Crippen LogP contribution >= 0.6 is 0 Å². The van der Waals surface area contributed by atoms with Crippen LogP contribution in [0.25, 0.3) is 11.5 Å². The second kappa shape index (κ2) is 8.54. The maximum atomic E-state index is 13.0. The number of anilines is 1. The number of nitrogens with one attached hydrogen (secondary N) is 1. The van der Waals surface area contributed by atoms with Crippen LogP contribution in [0.15, 0.2) is 84.0 Å². The van der Waals surface area contributed by atoms with Crippen LogP contribution in [0.5, 0.6) is 0 Å². The Morgan fingerprint density at radius 3 is 2.73 bits per heavy atom. The summed E-state index contributed by atoms with van der Waals surface area (Å²) in [6, 6.07) is 18.3. The van der Waals surface area contributed by atoms with Crippen LogP contribution in [0.3, 0.4) is 0 Å². The van der Waals surface area contributed by atoms with Gasteiger partial charge >= 0.3 is 5.69 Å². The summed E-state index contributed by atoms with van der Waals surface area (Å²) in [7, 11) is 0. The first-order valence-electron chi connectivity index (χ1n) is 10.6. The lowest BCUT2D eigenvalue weighted by atomic mass is 10.1. The molecule has 5 rings (SSSR count). The molecular weight excluding hydrogens is 418 g/mol. The highest BCUT2D eigenvalue weighted by atomic mass is 16.2. The predicted octanol–water partition coefficient (Wildman–Crippen LogP) is 2.94. The molecular formula is C24H21N7O2. The Bertz CT molecular complexity index is 1500. The van der Waals surface area contributed by atoms with E-state index in [4.69, 9.17) is 0 Å². The van der Waals surface area contributed by atoms with Gasteiger partial charge in [0.2, 0.25) is 0 Å². The van der Waals surface area contributed by atoms with Crippen molar-refractivity contribution in [3.05, 3.63) is 107 Å². The number of carbonyl (C=O) groups is 1. The molecule has 9 nitrogen and oxygen atoms in total. The number of amides is 1. The average Bonchev–Trinajstić information content (AvgIpc) is 3.41. The van der Waals surface area contributed by atoms with Crippen molar-refractivity contribution in [2.45, 2.75) is 19.9 Å². The lowest BCUT2D eigenvalue weighted by Gasteiger charge is -2.09. The number of fused-ring (bicyclic) bond motifs is 1. The van der Waals surface area contributed by atoms with Gasteiger partial charge in [0, 0.05) is 18.1 Å². The number of rotatable bonds is 6. The minimum Gasteiger partial charge on any atom is -0.322 e. The van der Waals surface area contributed by atoms with E-state index in [2.05, 4.69) is 20.5 Å². The van der Waals surface area contributed by atoms with E-state index in [9.17, 15) is 9.59 Å². The Morgan fingerprint density at radius 2 is 1.94 bits per heavy atom. The molecule has 164 valence electrons. The largest absolute Gasteiger partial charge is 0.350 e. The zero-order valence-corrected chi connectivity index (χ0v) is 17.9. The van der Waals surface area contributed by atoms with E-state index in [1.807, 2.05) is 55.5 Å². The van der Waals surface area contributed by atoms with Crippen molar-refractivity contribution < 1.29 is 4.79 Å². The van der Waals surface area contributed by atoms with E-state index >= 15 is 0 Å². The van der Waals surface area contributed by atoms with Gasteiger partial charge in [-0.2, -0.15) is 5.10 Å². The summed E-state index contributed by atoms with van der Waals surface area (Å²) in [6.45, 7) is 2.27. The number of benzene rings is 1. The molecule has 0 fully saturated rings. The summed E-state index contributed by atoms with van der Waals surface area (Å²) in [6.07, 6.45) is 5.56. The minimum atomic E-state index is -0.254. The molecule has 4 aromatic heterocycles. The molecule has 33 heavy (non-hydrogen) atoms. The van der Waals surface area contributed by atoms with E-state index < -0.39 is 0 Å². The zero-order chi connectivity index (χ0) is 22.8. The number of carbonyl (C=O) groups excluding carboxylic acids is 1. The van der Waals surface area contributed by atoms with Gasteiger partial charge in [-0.3, -0.25) is 9.20 Å². The SMILES string of the molecule is CCc1c(C(=O)Nc2cccc(Cn3nc4ccccn4c3=O)c2)cnn1-c1ccccn1. The second-order valence-corrected chi connectivity index (χ2v) is 7.48. The van der Waals surface area contributed by atoms with Crippen molar-refractivity contribution in [3.8, 4) is 5.82 Å². The van der Waals surface area contributed by atoms with Crippen molar-refractivity contribution in [1.82, 2.24) is 28.9 Å². The smallest absolute Gasteiger partial charge is 0.322 e. The van der Waals surface area contributed by atoms with Gasteiger partial charge in [-0.25, -0.2) is 19.1 Å². The summed E-state index contributed by atoms with van der Waals surface area (Å²) in [5.41, 5.74) is 3.11. The Hall–Kier alpha value is -4.53. The molecule has 1 N–H and O–H groups in total. The highest BCUT2D eigenvalue weighted by Gasteiger charge is 2.18. The molecule has 0 spiro atoms. The Kier molecular flexibility index (Phi) is 5.27. The molecule has 0 radical (unpaired) electrons. The summed E-state index contributed by atoms with van der Waals surface area (Å²) in [4.78, 5) is 29.9. The highest BCUT2D eigenvalue weighted by molar-refractivity contribution is 6.05. The molecule has 0 bridgehead atoms. The molecule has 4 heterocycles. The van der Waals surface area contributed by atoms with E-state index in [0.29, 0.717) is 35.7 Å². The maximum Gasteiger partial charge on any atom is 0.350 e. The van der Waals surface area contributed by atoms with Crippen molar-refractivity contribution in [2.24, 2.45) is 0 Å². The molecule has 0 atom stereocenters. The van der Waals surface area contributed by atoms with Crippen LogP contribution in [0.4, 0.5) is 5.69 Å². The first-order chi connectivity index (χ1) is 16.1. The first-order valence-corrected chi connectivity index (χ1v) is 10.6. The Labute approximate surface area is 188 Å². The van der Waals surface area contributed by atoms with Gasteiger partial charge in [0.05, 0.1) is 24.0 Å². The summed E-state index contributed by atoms with van der Waals surface area (Å²) >= 11 is 0. The minimum absolute atomic E-state index is 0.213. The molecule has 0 saturated heterocycles. The van der Waals surface area contributed by atoms with Crippen LogP contribution in [0.2, 0.25) is 0 Å². The van der Waals surface area contributed by atoms with E-state index in [1.165, 1.54) is 9.08 Å². The molecule has 0 unspecified atom stereocenters. The molecule has 0 aliphatic rings. The van der Waals surface area contributed by atoms with Gasteiger partial charge in [0.1, 0.15) is 0 Å². The van der Waals surface area contributed by atoms with Crippen LogP contribution in [-0.2, 0) is 13.0 Å². The van der Waals surface area contributed by atoms with Crippen LogP contribution < -0.4 is 11.0 Å². The fourth-order valence-corrected chi connectivity index (χ4v) is 3.77. The van der Waals surface area contributed by atoms with Crippen molar-refractivity contribution in [2.75, 3.05) is 5.32 Å². The van der Waals surface area contributed by atoms with Crippen molar-refractivity contribution in [3.63, 3.8) is 0 Å². The monoisotopic (exact) mass is 439 g/mol. The Balaban J connectivity index is 1.38. The Morgan fingerprint density at radius 1 is 1.06 bits per heavy atom. The molecule has 0 aliphatic heterocycles. The normalized spacial score (nSPS) is 11.1.